The summed E-state index contributed by atoms with van der Waals surface area (Å²) in [6.45, 7) is 10.6. The predicted octanol–water partition coefficient (Wildman–Crippen LogP) is 4.35. The SMILES string of the molecule is CCNC(=NCC1CCN(C(=O)OC(C)(C)C)CC1)Nc1ccc(OC)c(OC)c1.I. The Hall–Kier alpha value is -1.91. The van der Waals surface area contributed by atoms with Gasteiger partial charge in [0.25, 0.3) is 0 Å². The molecule has 176 valence electrons. The molecule has 1 aliphatic rings. The van der Waals surface area contributed by atoms with Gasteiger partial charge in [-0.25, -0.2) is 4.79 Å². The number of likely N-dealkylation sites (tertiary alicyclic amines) is 1. The molecule has 1 amide bonds. The number of benzene rings is 1. The molecular formula is C22H37IN4O4. The first-order chi connectivity index (χ1) is 14.3. The molecule has 0 saturated carbocycles. The Morgan fingerprint density at radius 2 is 1.81 bits per heavy atom. The van der Waals surface area contributed by atoms with Gasteiger partial charge in [0.15, 0.2) is 17.5 Å². The monoisotopic (exact) mass is 548 g/mol. The van der Waals surface area contributed by atoms with Gasteiger partial charge in [0.05, 0.1) is 14.2 Å². The van der Waals surface area contributed by atoms with Crippen LogP contribution in [0, 0.1) is 5.92 Å². The fourth-order valence-corrected chi connectivity index (χ4v) is 3.20. The lowest BCUT2D eigenvalue weighted by molar-refractivity contribution is 0.0187. The van der Waals surface area contributed by atoms with Crippen LogP contribution in [0.25, 0.3) is 0 Å². The number of ether oxygens (including phenoxy) is 3. The number of aliphatic imine (C=N–C) groups is 1. The molecule has 0 spiro atoms. The molecule has 1 aromatic carbocycles. The van der Waals surface area contributed by atoms with Crippen molar-refractivity contribution in [1.82, 2.24) is 10.2 Å². The maximum absolute atomic E-state index is 12.2. The highest BCUT2D eigenvalue weighted by atomic mass is 127. The van der Waals surface area contributed by atoms with Gasteiger partial charge in [-0.15, -0.1) is 24.0 Å². The summed E-state index contributed by atoms with van der Waals surface area (Å²) in [5.74, 6) is 2.50. The van der Waals surface area contributed by atoms with E-state index < -0.39 is 5.60 Å². The first kappa shape index (κ1) is 27.1. The normalized spacial score (nSPS) is 15.0. The molecule has 0 unspecified atom stereocenters. The van der Waals surface area contributed by atoms with E-state index in [0.717, 1.165) is 31.0 Å². The standard InChI is InChI=1S/C22H36N4O4.HI/c1-7-23-20(25-17-8-9-18(28-5)19(14-17)29-6)24-15-16-10-12-26(13-11-16)21(27)30-22(2,3)4;/h8-9,14,16H,7,10-13,15H2,1-6H3,(H2,23,24,25);1H. The first-order valence-electron chi connectivity index (χ1n) is 10.5. The van der Waals surface area contributed by atoms with Crippen LogP contribution in [0.2, 0.25) is 0 Å². The molecule has 2 rings (SSSR count). The maximum atomic E-state index is 12.2. The summed E-state index contributed by atoms with van der Waals surface area (Å²) >= 11 is 0. The summed E-state index contributed by atoms with van der Waals surface area (Å²) < 4.78 is 16.1. The number of piperidine rings is 1. The smallest absolute Gasteiger partial charge is 0.410 e. The van der Waals surface area contributed by atoms with Crippen molar-refractivity contribution >= 4 is 41.7 Å². The zero-order valence-corrected chi connectivity index (χ0v) is 21.8. The lowest BCUT2D eigenvalue weighted by atomic mass is 9.97. The van der Waals surface area contributed by atoms with Crippen molar-refractivity contribution in [3.8, 4) is 11.5 Å². The Morgan fingerprint density at radius 3 is 2.35 bits per heavy atom. The molecule has 1 aromatic rings. The highest BCUT2D eigenvalue weighted by molar-refractivity contribution is 14.0. The third kappa shape index (κ3) is 9.00. The average Bonchev–Trinajstić information content (AvgIpc) is 2.71. The van der Waals surface area contributed by atoms with Crippen LogP contribution in [0.5, 0.6) is 11.5 Å². The number of amides is 1. The summed E-state index contributed by atoms with van der Waals surface area (Å²) in [6.07, 6.45) is 1.60. The fourth-order valence-electron chi connectivity index (χ4n) is 3.20. The Bertz CT molecular complexity index is 729. The topological polar surface area (TPSA) is 84.4 Å². The van der Waals surface area contributed by atoms with Crippen LogP contribution >= 0.6 is 24.0 Å². The van der Waals surface area contributed by atoms with Gasteiger partial charge in [-0.1, -0.05) is 0 Å². The molecule has 1 heterocycles. The number of guanidine groups is 1. The number of anilines is 1. The van der Waals surface area contributed by atoms with Crippen molar-refractivity contribution in [3.63, 3.8) is 0 Å². The lowest BCUT2D eigenvalue weighted by Crippen LogP contribution is -2.42. The molecule has 1 saturated heterocycles. The van der Waals surface area contributed by atoms with E-state index in [4.69, 9.17) is 19.2 Å². The minimum Gasteiger partial charge on any atom is -0.493 e. The predicted molar refractivity (Wildman–Crippen MR) is 135 cm³/mol. The number of hydrogen-bond donors (Lipinski definition) is 2. The number of nitrogens with one attached hydrogen (secondary N) is 2. The first-order valence-corrected chi connectivity index (χ1v) is 10.5. The summed E-state index contributed by atoms with van der Waals surface area (Å²) in [4.78, 5) is 18.7. The second-order valence-electron chi connectivity index (χ2n) is 8.33. The summed E-state index contributed by atoms with van der Waals surface area (Å²) in [5, 5.41) is 6.59. The number of carbonyl (C=O) groups is 1. The van der Waals surface area contributed by atoms with Crippen molar-refractivity contribution < 1.29 is 19.0 Å². The van der Waals surface area contributed by atoms with E-state index in [1.54, 1.807) is 19.1 Å². The van der Waals surface area contributed by atoms with Crippen molar-refractivity contribution in [1.29, 1.82) is 0 Å². The van der Waals surface area contributed by atoms with E-state index in [2.05, 4.69) is 10.6 Å². The third-order valence-corrected chi connectivity index (χ3v) is 4.76. The van der Waals surface area contributed by atoms with Crippen molar-refractivity contribution in [2.24, 2.45) is 10.9 Å². The maximum Gasteiger partial charge on any atom is 0.410 e. The second-order valence-corrected chi connectivity index (χ2v) is 8.33. The molecule has 31 heavy (non-hydrogen) atoms. The van der Waals surface area contributed by atoms with Gasteiger partial charge in [0, 0.05) is 37.9 Å². The molecule has 0 bridgehead atoms. The van der Waals surface area contributed by atoms with Crippen LogP contribution in [-0.4, -0.2) is 63.0 Å². The van der Waals surface area contributed by atoms with Gasteiger partial charge in [-0.3, -0.25) is 4.99 Å². The molecule has 9 heteroatoms. The molecular weight excluding hydrogens is 511 g/mol. The zero-order valence-electron chi connectivity index (χ0n) is 19.5. The van der Waals surface area contributed by atoms with Crippen molar-refractivity contribution in [3.05, 3.63) is 18.2 Å². The van der Waals surface area contributed by atoms with Crippen LogP contribution in [0.3, 0.4) is 0 Å². The number of hydrogen-bond acceptors (Lipinski definition) is 5. The van der Waals surface area contributed by atoms with Crippen LogP contribution in [-0.2, 0) is 4.74 Å². The Kier molecular flexibility index (Phi) is 11.2. The molecule has 1 aliphatic heterocycles. The number of methoxy groups -OCH3 is 2. The van der Waals surface area contributed by atoms with Crippen LogP contribution < -0.4 is 20.1 Å². The zero-order chi connectivity index (χ0) is 22.1. The molecule has 1 fully saturated rings. The van der Waals surface area contributed by atoms with Crippen molar-refractivity contribution in [2.45, 2.75) is 46.1 Å². The summed E-state index contributed by atoms with van der Waals surface area (Å²) in [5.41, 5.74) is 0.404. The highest BCUT2D eigenvalue weighted by Crippen LogP contribution is 2.29. The van der Waals surface area contributed by atoms with E-state index >= 15 is 0 Å². The van der Waals surface area contributed by atoms with Gasteiger partial charge in [-0.05, 0) is 58.6 Å². The Labute approximate surface area is 203 Å². The summed E-state index contributed by atoms with van der Waals surface area (Å²) in [7, 11) is 3.23. The van der Waals surface area contributed by atoms with Gasteiger partial charge in [-0.2, -0.15) is 0 Å². The van der Waals surface area contributed by atoms with E-state index in [0.29, 0.717) is 37.1 Å². The van der Waals surface area contributed by atoms with Crippen LogP contribution in [0.15, 0.2) is 23.2 Å². The van der Waals surface area contributed by atoms with Gasteiger partial charge in [0.2, 0.25) is 0 Å². The number of carbonyl (C=O) groups excluding carboxylic acids is 1. The molecule has 2 N–H and O–H groups in total. The minimum atomic E-state index is -0.464. The molecule has 0 aliphatic carbocycles. The quantitative estimate of drug-likeness (QED) is 0.313. The molecule has 0 radical (unpaired) electrons. The Balaban J connectivity index is 0.00000480. The fraction of sp³-hybridized carbons (Fsp3) is 0.636. The molecule has 0 aromatic heterocycles. The highest BCUT2D eigenvalue weighted by Gasteiger charge is 2.26. The minimum absolute atomic E-state index is 0. The van der Waals surface area contributed by atoms with E-state index in [1.807, 2.05) is 45.9 Å². The largest absolute Gasteiger partial charge is 0.493 e. The molecule has 8 nitrogen and oxygen atoms in total. The number of nitrogens with zero attached hydrogens (tertiary/aromatic N) is 2. The van der Waals surface area contributed by atoms with E-state index in [1.165, 1.54) is 0 Å². The van der Waals surface area contributed by atoms with Gasteiger partial charge in [0.1, 0.15) is 5.60 Å². The average molecular weight is 548 g/mol. The second kappa shape index (κ2) is 12.8. The van der Waals surface area contributed by atoms with Crippen LogP contribution in [0.1, 0.15) is 40.5 Å². The number of halogens is 1. The van der Waals surface area contributed by atoms with Crippen LogP contribution in [0.4, 0.5) is 10.5 Å². The number of rotatable bonds is 6. The van der Waals surface area contributed by atoms with E-state index in [-0.39, 0.29) is 30.1 Å². The Morgan fingerprint density at radius 1 is 1.16 bits per heavy atom. The third-order valence-electron chi connectivity index (χ3n) is 4.76. The van der Waals surface area contributed by atoms with Crippen molar-refractivity contribution in [2.75, 3.05) is 45.7 Å². The molecule has 0 atom stereocenters. The van der Waals surface area contributed by atoms with Gasteiger partial charge < -0.3 is 29.7 Å². The van der Waals surface area contributed by atoms with Gasteiger partial charge >= 0.3 is 6.09 Å². The summed E-state index contributed by atoms with van der Waals surface area (Å²) in [6, 6.07) is 5.66. The van der Waals surface area contributed by atoms with E-state index in [9.17, 15) is 4.79 Å². The lowest BCUT2D eigenvalue weighted by Gasteiger charge is -2.33.